The monoisotopic (exact) mass is 209 g/mol. The summed E-state index contributed by atoms with van der Waals surface area (Å²) in [5.41, 5.74) is 1.07. The van der Waals surface area contributed by atoms with Gasteiger partial charge in [-0.3, -0.25) is 0 Å². The van der Waals surface area contributed by atoms with Crippen LogP contribution < -0.4 is 0 Å². The Morgan fingerprint density at radius 1 is 1.00 bits per heavy atom. The standard InChI is InChI=1S/C14H11NO/c1-10-15-9-14(16-10)13-7-6-11-4-2-3-5-12(11)8-13/h2-9H,1H3. The lowest BCUT2D eigenvalue weighted by molar-refractivity contribution is 0.534. The van der Waals surface area contributed by atoms with Crippen LogP contribution in [0.25, 0.3) is 22.1 Å². The fraction of sp³-hybridized carbons (Fsp3) is 0.0714. The topological polar surface area (TPSA) is 26.0 Å². The van der Waals surface area contributed by atoms with E-state index in [1.807, 2.05) is 19.1 Å². The van der Waals surface area contributed by atoms with Gasteiger partial charge in [0.05, 0.1) is 6.20 Å². The van der Waals surface area contributed by atoms with Gasteiger partial charge in [0, 0.05) is 12.5 Å². The lowest BCUT2D eigenvalue weighted by Crippen LogP contribution is -1.75. The van der Waals surface area contributed by atoms with Gasteiger partial charge >= 0.3 is 0 Å². The molecule has 16 heavy (non-hydrogen) atoms. The van der Waals surface area contributed by atoms with Gasteiger partial charge in [-0.15, -0.1) is 0 Å². The van der Waals surface area contributed by atoms with Crippen molar-refractivity contribution in [3.8, 4) is 11.3 Å². The summed E-state index contributed by atoms with van der Waals surface area (Å²) in [6.45, 7) is 1.85. The molecule has 0 radical (unpaired) electrons. The van der Waals surface area contributed by atoms with Crippen molar-refractivity contribution in [2.45, 2.75) is 6.92 Å². The predicted molar refractivity (Wildman–Crippen MR) is 64.2 cm³/mol. The Morgan fingerprint density at radius 3 is 2.56 bits per heavy atom. The number of aryl methyl sites for hydroxylation is 1. The largest absolute Gasteiger partial charge is 0.441 e. The minimum Gasteiger partial charge on any atom is -0.441 e. The highest BCUT2D eigenvalue weighted by Gasteiger charge is 2.03. The summed E-state index contributed by atoms with van der Waals surface area (Å²) in [5.74, 6) is 1.52. The fourth-order valence-electron chi connectivity index (χ4n) is 1.84. The highest BCUT2D eigenvalue weighted by molar-refractivity contribution is 5.86. The lowest BCUT2D eigenvalue weighted by atomic mass is 10.1. The number of benzene rings is 2. The van der Waals surface area contributed by atoms with Gasteiger partial charge < -0.3 is 4.42 Å². The molecule has 1 heterocycles. The molecule has 1 aromatic heterocycles. The first-order chi connectivity index (χ1) is 7.83. The number of hydrogen-bond acceptors (Lipinski definition) is 2. The van der Waals surface area contributed by atoms with E-state index in [-0.39, 0.29) is 0 Å². The molecule has 2 heteroatoms. The molecule has 0 aliphatic heterocycles. The number of rotatable bonds is 1. The number of aromatic nitrogens is 1. The Hall–Kier alpha value is -2.09. The van der Waals surface area contributed by atoms with Crippen LogP contribution >= 0.6 is 0 Å². The van der Waals surface area contributed by atoms with E-state index in [0.29, 0.717) is 5.89 Å². The Morgan fingerprint density at radius 2 is 1.81 bits per heavy atom. The van der Waals surface area contributed by atoms with Crippen LogP contribution in [0, 0.1) is 6.92 Å². The van der Waals surface area contributed by atoms with Crippen LogP contribution in [-0.4, -0.2) is 4.98 Å². The first-order valence-electron chi connectivity index (χ1n) is 5.24. The predicted octanol–water partition coefficient (Wildman–Crippen LogP) is 3.80. The molecular weight excluding hydrogens is 198 g/mol. The van der Waals surface area contributed by atoms with Gasteiger partial charge in [0.1, 0.15) is 0 Å². The minimum absolute atomic E-state index is 0.697. The molecular formula is C14H11NO. The number of nitrogens with zero attached hydrogens (tertiary/aromatic N) is 1. The quantitative estimate of drug-likeness (QED) is 0.609. The third-order valence-electron chi connectivity index (χ3n) is 2.66. The maximum absolute atomic E-state index is 5.51. The Bertz CT molecular complexity index is 640. The summed E-state index contributed by atoms with van der Waals surface area (Å²) in [4.78, 5) is 4.11. The number of hydrogen-bond donors (Lipinski definition) is 0. The van der Waals surface area contributed by atoms with Crippen molar-refractivity contribution in [3.05, 3.63) is 54.6 Å². The molecule has 0 N–H and O–H groups in total. The zero-order valence-electron chi connectivity index (χ0n) is 8.97. The van der Waals surface area contributed by atoms with Crippen LogP contribution in [0.2, 0.25) is 0 Å². The highest BCUT2D eigenvalue weighted by Crippen LogP contribution is 2.24. The molecule has 2 nitrogen and oxygen atoms in total. The van der Waals surface area contributed by atoms with E-state index in [4.69, 9.17) is 4.42 Å². The van der Waals surface area contributed by atoms with Crippen molar-refractivity contribution in [2.75, 3.05) is 0 Å². The molecule has 0 aliphatic rings. The molecule has 2 aromatic carbocycles. The maximum atomic E-state index is 5.51. The SMILES string of the molecule is Cc1ncc(-c2ccc3ccccc3c2)o1. The van der Waals surface area contributed by atoms with Crippen LogP contribution in [0.3, 0.4) is 0 Å². The number of fused-ring (bicyclic) bond motifs is 1. The molecule has 3 rings (SSSR count). The van der Waals surface area contributed by atoms with Crippen LogP contribution in [0.15, 0.2) is 53.1 Å². The van der Waals surface area contributed by atoms with E-state index < -0.39 is 0 Å². The average molecular weight is 209 g/mol. The lowest BCUT2D eigenvalue weighted by Gasteiger charge is -2.00. The van der Waals surface area contributed by atoms with Crippen LogP contribution in [0.4, 0.5) is 0 Å². The summed E-state index contributed by atoms with van der Waals surface area (Å²) < 4.78 is 5.51. The van der Waals surface area contributed by atoms with Crippen molar-refractivity contribution in [2.24, 2.45) is 0 Å². The second-order valence-electron chi connectivity index (χ2n) is 3.81. The first-order valence-corrected chi connectivity index (χ1v) is 5.24. The molecule has 3 aromatic rings. The van der Waals surface area contributed by atoms with Crippen LogP contribution in [-0.2, 0) is 0 Å². The van der Waals surface area contributed by atoms with Crippen LogP contribution in [0.5, 0.6) is 0 Å². The second kappa shape index (κ2) is 3.49. The molecule has 0 amide bonds. The molecule has 0 saturated carbocycles. The van der Waals surface area contributed by atoms with Gasteiger partial charge in [-0.2, -0.15) is 0 Å². The molecule has 0 atom stereocenters. The molecule has 0 fully saturated rings. The second-order valence-corrected chi connectivity index (χ2v) is 3.81. The maximum Gasteiger partial charge on any atom is 0.191 e. The van der Waals surface area contributed by atoms with E-state index >= 15 is 0 Å². The smallest absolute Gasteiger partial charge is 0.191 e. The van der Waals surface area contributed by atoms with E-state index in [1.165, 1.54) is 10.8 Å². The Kier molecular flexibility index (Phi) is 2.00. The Labute approximate surface area is 93.5 Å². The van der Waals surface area contributed by atoms with Crippen molar-refractivity contribution >= 4 is 10.8 Å². The minimum atomic E-state index is 0.697. The molecule has 0 unspecified atom stereocenters. The normalized spacial score (nSPS) is 10.8. The Balaban J connectivity index is 2.18. The molecule has 0 saturated heterocycles. The van der Waals surface area contributed by atoms with Crippen LogP contribution in [0.1, 0.15) is 5.89 Å². The zero-order valence-corrected chi connectivity index (χ0v) is 8.97. The summed E-state index contributed by atoms with van der Waals surface area (Å²) in [5, 5.41) is 2.46. The van der Waals surface area contributed by atoms with Gasteiger partial charge in [-0.05, 0) is 16.8 Å². The third-order valence-corrected chi connectivity index (χ3v) is 2.66. The summed E-state index contributed by atoms with van der Waals surface area (Å²) in [7, 11) is 0. The van der Waals surface area contributed by atoms with Crippen molar-refractivity contribution in [1.29, 1.82) is 0 Å². The van der Waals surface area contributed by atoms with Crippen molar-refractivity contribution in [3.63, 3.8) is 0 Å². The first kappa shape index (κ1) is 9.16. The van der Waals surface area contributed by atoms with E-state index in [9.17, 15) is 0 Å². The van der Waals surface area contributed by atoms with Gasteiger partial charge in [0.2, 0.25) is 0 Å². The van der Waals surface area contributed by atoms with E-state index in [1.54, 1.807) is 6.20 Å². The van der Waals surface area contributed by atoms with Gasteiger partial charge in [-0.25, -0.2) is 4.98 Å². The van der Waals surface area contributed by atoms with Crippen molar-refractivity contribution in [1.82, 2.24) is 4.98 Å². The number of oxazole rings is 1. The van der Waals surface area contributed by atoms with Gasteiger partial charge in [0.25, 0.3) is 0 Å². The van der Waals surface area contributed by atoms with E-state index in [0.717, 1.165) is 11.3 Å². The molecule has 0 spiro atoms. The van der Waals surface area contributed by atoms with Gasteiger partial charge in [0.15, 0.2) is 11.7 Å². The third kappa shape index (κ3) is 1.48. The molecule has 0 aliphatic carbocycles. The molecule has 0 bridgehead atoms. The average Bonchev–Trinajstić information content (AvgIpc) is 2.75. The zero-order chi connectivity index (χ0) is 11.0. The van der Waals surface area contributed by atoms with Gasteiger partial charge in [-0.1, -0.05) is 36.4 Å². The summed E-state index contributed by atoms with van der Waals surface area (Å²) in [6, 6.07) is 14.6. The summed E-state index contributed by atoms with van der Waals surface area (Å²) >= 11 is 0. The fourth-order valence-corrected chi connectivity index (χ4v) is 1.84. The molecule has 78 valence electrons. The van der Waals surface area contributed by atoms with E-state index in [2.05, 4.69) is 35.3 Å². The highest BCUT2D eigenvalue weighted by atomic mass is 16.4. The van der Waals surface area contributed by atoms with Crippen molar-refractivity contribution < 1.29 is 4.42 Å². The summed E-state index contributed by atoms with van der Waals surface area (Å²) in [6.07, 6.45) is 1.76.